The van der Waals surface area contributed by atoms with Crippen LogP contribution in [0.4, 0.5) is 4.79 Å². The molecule has 21 heteroatoms. The van der Waals surface area contributed by atoms with E-state index in [4.69, 9.17) is 10.5 Å². The fourth-order valence-corrected chi connectivity index (χ4v) is 7.40. The zero-order valence-corrected chi connectivity index (χ0v) is 33.1. The maximum absolute atomic E-state index is 14.1. The minimum Gasteiger partial charge on any atom is -0.508 e. The average molecular weight is 846 g/mol. The van der Waals surface area contributed by atoms with Gasteiger partial charge < -0.3 is 61.6 Å². The van der Waals surface area contributed by atoms with Crippen molar-refractivity contribution in [1.82, 2.24) is 40.3 Å². The number of fused-ring (bicyclic) bond motifs is 1. The van der Waals surface area contributed by atoms with Crippen LogP contribution in [0, 0.1) is 0 Å². The van der Waals surface area contributed by atoms with E-state index in [9.17, 15) is 54.0 Å². The number of nitrogens with zero attached hydrogens (tertiary/aromatic N) is 3. The summed E-state index contributed by atoms with van der Waals surface area (Å²) >= 11 is 0. The van der Waals surface area contributed by atoms with E-state index >= 15 is 0 Å². The summed E-state index contributed by atoms with van der Waals surface area (Å²) in [5.41, 5.74) is 6.62. The van der Waals surface area contributed by atoms with E-state index in [-0.39, 0.29) is 31.6 Å². The first-order valence-electron chi connectivity index (χ1n) is 19.3. The Balaban J connectivity index is 1.20. The fraction of sp³-hybridized carbons (Fsp3) is 0.375. The van der Waals surface area contributed by atoms with E-state index in [0.29, 0.717) is 17.5 Å². The quantitative estimate of drug-likeness (QED) is 0.0707. The molecule has 2 aromatic carbocycles. The summed E-state index contributed by atoms with van der Waals surface area (Å²) in [7, 11) is 1.36. The first-order chi connectivity index (χ1) is 29.0. The van der Waals surface area contributed by atoms with Gasteiger partial charge in [-0.25, -0.2) is 14.4 Å². The highest BCUT2D eigenvalue weighted by Gasteiger charge is 2.43. The third kappa shape index (κ3) is 9.75. The van der Waals surface area contributed by atoms with Crippen molar-refractivity contribution in [2.24, 2.45) is 5.73 Å². The molecular weight excluding hydrogens is 798 g/mol. The topological polar surface area (TPSA) is 315 Å². The van der Waals surface area contributed by atoms with Crippen LogP contribution in [0.5, 0.6) is 5.75 Å². The average Bonchev–Trinajstić information content (AvgIpc) is 3.96. The highest BCUT2D eigenvalue weighted by atomic mass is 16.6. The second-order valence-corrected chi connectivity index (χ2v) is 14.9. The Kier molecular flexibility index (Phi) is 13.2. The number of hydrogen-bond acceptors (Lipinski definition) is 12. The van der Waals surface area contributed by atoms with Gasteiger partial charge in [0.1, 0.15) is 41.8 Å². The number of carboxylic acid groups (broad SMARTS) is 1. The van der Waals surface area contributed by atoms with Crippen molar-refractivity contribution < 1.29 is 49.1 Å². The number of aliphatic hydroxyl groups excluding tert-OH is 2. The Morgan fingerprint density at radius 2 is 1.80 bits per heavy atom. The van der Waals surface area contributed by atoms with Crippen molar-refractivity contribution in [3.05, 3.63) is 111 Å². The van der Waals surface area contributed by atoms with Gasteiger partial charge in [-0.2, -0.15) is 0 Å². The predicted molar refractivity (Wildman–Crippen MR) is 215 cm³/mol. The van der Waals surface area contributed by atoms with E-state index in [2.05, 4.69) is 20.9 Å². The van der Waals surface area contributed by atoms with Crippen molar-refractivity contribution in [3.8, 4) is 5.75 Å². The lowest BCUT2D eigenvalue weighted by Gasteiger charge is -2.34. The Morgan fingerprint density at radius 1 is 1.05 bits per heavy atom. The number of carbonyl (C=O) groups excluding carboxylic acids is 4. The molecule has 61 heavy (non-hydrogen) atoms. The van der Waals surface area contributed by atoms with Gasteiger partial charge in [0, 0.05) is 55.6 Å². The molecule has 4 aromatic rings. The normalized spacial score (nSPS) is 21.3. The maximum Gasteiger partial charge on any atom is 0.331 e. The summed E-state index contributed by atoms with van der Waals surface area (Å²) in [4.78, 5) is 99.0. The maximum atomic E-state index is 14.1. The number of amides is 5. The molecule has 6 rings (SSSR count). The molecule has 0 spiro atoms. The van der Waals surface area contributed by atoms with Crippen molar-refractivity contribution >= 4 is 40.6 Å². The summed E-state index contributed by atoms with van der Waals surface area (Å²) in [6.45, 7) is 1.54. The molecule has 0 bridgehead atoms. The molecule has 8 atom stereocenters. The zero-order valence-electron chi connectivity index (χ0n) is 33.1. The molecule has 5 amide bonds. The third-order valence-electron chi connectivity index (χ3n) is 10.9. The lowest BCUT2D eigenvalue weighted by Crippen LogP contribution is -2.62. The van der Waals surface area contributed by atoms with Crippen LogP contribution in [0.1, 0.15) is 37.1 Å². The van der Waals surface area contributed by atoms with Gasteiger partial charge in [0.25, 0.3) is 5.56 Å². The van der Waals surface area contributed by atoms with Gasteiger partial charge in [-0.15, -0.1) is 0 Å². The molecule has 2 saturated heterocycles. The minimum atomic E-state index is -1.76. The fourth-order valence-electron chi connectivity index (χ4n) is 7.40. The van der Waals surface area contributed by atoms with E-state index in [1.807, 2.05) is 23.2 Å². The number of aromatic hydroxyl groups is 1. The molecule has 2 aromatic heterocycles. The number of likely N-dealkylation sites (N-methyl/N-ethyl adjacent to an activating group) is 1. The van der Waals surface area contributed by atoms with Crippen LogP contribution < -0.4 is 32.9 Å². The van der Waals surface area contributed by atoms with Gasteiger partial charge in [-0.3, -0.25) is 28.7 Å². The largest absolute Gasteiger partial charge is 0.508 e. The number of aromatic nitrogens is 3. The minimum absolute atomic E-state index is 0.0144. The molecule has 0 unspecified atom stereocenters. The Labute approximate surface area is 346 Å². The number of carbonyl (C=O) groups is 5. The summed E-state index contributed by atoms with van der Waals surface area (Å²) in [5, 5.41) is 49.7. The number of nitrogens with two attached hydrogens (primary N) is 1. The summed E-state index contributed by atoms with van der Waals surface area (Å²) < 4.78 is 6.40. The monoisotopic (exact) mass is 845 g/mol. The number of rotatable bonds is 14. The molecule has 11 N–H and O–H groups in total. The summed E-state index contributed by atoms with van der Waals surface area (Å²) in [5.74, 6) is -4.09. The number of likely N-dealkylation sites (tertiary alicyclic amines) is 1. The van der Waals surface area contributed by atoms with Crippen LogP contribution >= 0.6 is 0 Å². The van der Waals surface area contributed by atoms with E-state index < -0.39 is 95.4 Å². The number of phenolic OH excluding ortho intramolecular Hbond substituents is 1. The molecule has 0 aliphatic carbocycles. The number of hydrogen-bond donors (Lipinski definition) is 10. The molecule has 21 nitrogen and oxygen atoms in total. The molecule has 324 valence electrons. The number of para-hydroxylation sites is 1. The second kappa shape index (κ2) is 18.5. The number of carboxylic acids is 1. The van der Waals surface area contributed by atoms with Gasteiger partial charge in [-0.1, -0.05) is 30.3 Å². The lowest BCUT2D eigenvalue weighted by molar-refractivity contribution is -0.139. The third-order valence-corrected chi connectivity index (χ3v) is 10.9. The van der Waals surface area contributed by atoms with E-state index in [0.717, 1.165) is 38.8 Å². The van der Waals surface area contributed by atoms with Crippen LogP contribution in [-0.4, -0.2) is 130 Å². The van der Waals surface area contributed by atoms with Crippen molar-refractivity contribution in [1.29, 1.82) is 0 Å². The van der Waals surface area contributed by atoms with Crippen LogP contribution in [0.3, 0.4) is 0 Å². The number of benzene rings is 2. The van der Waals surface area contributed by atoms with Crippen LogP contribution in [0.2, 0.25) is 0 Å². The first-order valence-corrected chi connectivity index (χ1v) is 19.3. The number of phenols is 1. The number of aliphatic hydroxyl groups is 2. The van der Waals surface area contributed by atoms with Crippen molar-refractivity contribution in [3.63, 3.8) is 0 Å². The highest BCUT2D eigenvalue weighted by molar-refractivity contribution is 5.94. The second-order valence-electron chi connectivity index (χ2n) is 14.9. The Morgan fingerprint density at radius 3 is 2.52 bits per heavy atom. The zero-order chi connectivity index (χ0) is 44.1. The molecule has 4 heterocycles. The number of aromatic amines is 2. The summed E-state index contributed by atoms with van der Waals surface area (Å²) in [6, 6.07) is 7.24. The molecular formula is C40H47N9O12. The molecule has 0 radical (unpaired) electrons. The molecule has 2 aliphatic heterocycles. The predicted octanol–water partition coefficient (Wildman–Crippen LogP) is -1.30. The smallest absolute Gasteiger partial charge is 0.331 e. The van der Waals surface area contributed by atoms with Crippen LogP contribution in [0.25, 0.3) is 10.9 Å². The van der Waals surface area contributed by atoms with E-state index in [1.165, 1.54) is 31.0 Å². The van der Waals surface area contributed by atoms with Gasteiger partial charge in [-0.05, 0) is 55.5 Å². The molecule has 0 saturated carbocycles. The van der Waals surface area contributed by atoms with Gasteiger partial charge in [0.2, 0.25) is 23.9 Å². The van der Waals surface area contributed by atoms with Gasteiger partial charge in [0.05, 0.1) is 12.1 Å². The van der Waals surface area contributed by atoms with Crippen molar-refractivity contribution in [2.75, 3.05) is 13.6 Å². The number of nitrogens with one attached hydrogen (secondary N) is 5. The lowest BCUT2D eigenvalue weighted by atomic mass is 10.0. The SMILES string of the molecule is C[C@@H]([C@H](NC(=O)[C@@H]1CCCN1C(=O)N[C@@H](Cc1c[nH]c2ccccc12)C(=O)O)C(=O)N/C=C1\O[C@@H](n2ccc(=O)[nH]c2=O)[C@H](O)[C@@H]1O)N(C)C(=O)[C@@H](N)Cc1cccc(O)c1. The molecule has 2 aliphatic rings. The highest BCUT2D eigenvalue weighted by Crippen LogP contribution is 2.30. The number of urea groups is 1. The van der Waals surface area contributed by atoms with Gasteiger partial charge >= 0.3 is 17.7 Å². The molecule has 2 fully saturated rings. The van der Waals surface area contributed by atoms with Crippen LogP contribution in [-0.2, 0) is 36.8 Å². The number of ether oxygens (including phenoxy) is 1. The summed E-state index contributed by atoms with van der Waals surface area (Å²) in [6.07, 6.45) is -0.895. The number of aliphatic carboxylic acids is 1. The standard InChI is InChI=1S/C40H47N9O12/c1-20(47(2)36(56)25(41)16-21-7-5-8-23(50)15-21)31(35(55)43-19-29-32(52)33(53)37(61-29)49-14-12-30(51)45-40(49)60)46-34(54)28-11-6-13-48(28)39(59)44-27(38(57)58)17-22-18-42-26-10-4-3-9-24(22)26/h3-5,7-10,12,14-15,18-20,25,27-28,31-33,37,42,50,52-53H,6,11,13,16-17,41H2,1-2H3,(H,43,55)(H,44,59)(H,46,54)(H,57,58)(H,45,51,60)/b29-19-/t20-,25-,27-,28-,31-,32+,33+,37+/m0/s1. The Hall–Kier alpha value is -6.97. The first kappa shape index (κ1) is 43.6. The van der Waals surface area contributed by atoms with Crippen LogP contribution in [0.15, 0.2) is 88.5 Å². The number of H-pyrrole nitrogens is 2. The van der Waals surface area contributed by atoms with Gasteiger partial charge in [0.15, 0.2) is 0 Å². The van der Waals surface area contributed by atoms with Crippen molar-refractivity contribution in [2.45, 2.75) is 81.3 Å². The van der Waals surface area contributed by atoms with E-state index in [1.54, 1.807) is 24.4 Å². The Bertz CT molecular complexity index is 2450.